The number of phenols is 1. The van der Waals surface area contributed by atoms with E-state index < -0.39 is 5.97 Å². The number of rotatable bonds is 3. The highest BCUT2D eigenvalue weighted by Gasteiger charge is 2.14. The Labute approximate surface area is 92.9 Å². The summed E-state index contributed by atoms with van der Waals surface area (Å²) in [5.41, 5.74) is 0.939. The van der Waals surface area contributed by atoms with Crippen molar-refractivity contribution in [2.45, 2.75) is 6.92 Å². The van der Waals surface area contributed by atoms with Crippen LogP contribution in [0, 0.1) is 6.92 Å². The molecule has 2 N–H and O–H groups in total. The minimum absolute atomic E-state index is 0.109. The summed E-state index contributed by atoms with van der Waals surface area (Å²) in [6, 6.07) is 4.40. The summed E-state index contributed by atoms with van der Waals surface area (Å²) in [5, 5.41) is 17.8. The monoisotopic (exact) mass is 223 g/mol. The first-order valence-electron chi connectivity index (χ1n) is 4.68. The molecular weight excluding hydrogens is 210 g/mol. The molecule has 0 unspecified atom stereocenters. The number of carbonyl (C=O) groups excluding carboxylic acids is 1. The Hall–Kier alpha value is -2.04. The number of aromatic hydroxyl groups is 1. The molecule has 0 radical (unpaired) electrons. The van der Waals surface area contributed by atoms with E-state index in [0.29, 0.717) is 11.1 Å². The highest BCUT2D eigenvalue weighted by atomic mass is 16.4. The van der Waals surface area contributed by atoms with Crippen LogP contribution < -0.4 is 0 Å². The maximum atomic E-state index is 11.7. The van der Waals surface area contributed by atoms with Crippen molar-refractivity contribution in [2.75, 3.05) is 13.6 Å². The number of phenolic OH excluding ortho intramolecular Hbond substituents is 1. The van der Waals surface area contributed by atoms with Gasteiger partial charge in [0, 0.05) is 12.6 Å². The molecule has 1 aromatic carbocycles. The third-order valence-electron chi connectivity index (χ3n) is 2.16. The average molecular weight is 223 g/mol. The maximum Gasteiger partial charge on any atom is 0.323 e. The Morgan fingerprint density at radius 3 is 2.50 bits per heavy atom. The van der Waals surface area contributed by atoms with Crippen LogP contribution in [-0.4, -0.2) is 40.6 Å². The van der Waals surface area contributed by atoms with Crippen molar-refractivity contribution in [3.63, 3.8) is 0 Å². The van der Waals surface area contributed by atoms with E-state index in [4.69, 9.17) is 5.11 Å². The normalized spacial score (nSPS) is 9.88. The van der Waals surface area contributed by atoms with Gasteiger partial charge >= 0.3 is 5.97 Å². The van der Waals surface area contributed by atoms with E-state index in [1.165, 1.54) is 25.2 Å². The first-order chi connectivity index (χ1) is 7.41. The summed E-state index contributed by atoms with van der Waals surface area (Å²) < 4.78 is 0. The van der Waals surface area contributed by atoms with E-state index in [9.17, 15) is 14.7 Å². The van der Waals surface area contributed by atoms with E-state index >= 15 is 0 Å². The number of benzene rings is 1. The first kappa shape index (κ1) is 12.0. The Kier molecular flexibility index (Phi) is 3.50. The van der Waals surface area contributed by atoms with Crippen molar-refractivity contribution >= 4 is 11.9 Å². The first-order valence-corrected chi connectivity index (χ1v) is 4.68. The number of aryl methyl sites for hydroxylation is 1. The van der Waals surface area contributed by atoms with E-state index in [2.05, 4.69) is 0 Å². The fraction of sp³-hybridized carbons (Fsp3) is 0.273. The molecule has 86 valence electrons. The van der Waals surface area contributed by atoms with E-state index in [1.807, 2.05) is 0 Å². The maximum absolute atomic E-state index is 11.7. The molecule has 1 aromatic rings. The largest absolute Gasteiger partial charge is 0.508 e. The van der Waals surface area contributed by atoms with Gasteiger partial charge in [-0.1, -0.05) is 0 Å². The van der Waals surface area contributed by atoms with Crippen LogP contribution >= 0.6 is 0 Å². The molecule has 0 aliphatic heterocycles. The fourth-order valence-corrected chi connectivity index (χ4v) is 1.28. The van der Waals surface area contributed by atoms with Crippen LogP contribution in [0.4, 0.5) is 0 Å². The standard InChI is InChI=1S/C11H13NO4/c1-7-5-8(3-4-9(7)13)11(16)12(2)6-10(14)15/h3-5,13H,6H2,1-2H3,(H,14,15). The predicted octanol–water partition coefficient (Wildman–Crippen LogP) is 0.857. The zero-order valence-electron chi connectivity index (χ0n) is 9.10. The molecule has 0 atom stereocenters. The number of carboxylic acids is 1. The predicted molar refractivity (Wildman–Crippen MR) is 57.4 cm³/mol. The summed E-state index contributed by atoms with van der Waals surface area (Å²) in [6.45, 7) is 1.32. The highest BCUT2D eigenvalue weighted by Crippen LogP contribution is 2.17. The molecule has 5 nitrogen and oxygen atoms in total. The van der Waals surface area contributed by atoms with Gasteiger partial charge in [-0.15, -0.1) is 0 Å². The van der Waals surface area contributed by atoms with Crippen LogP contribution in [-0.2, 0) is 4.79 Å². The molecule has 0 aliphatic rings. The summed E-state index contributed by atoms with van der Waals surface area (Å²) >= 11 is 0. The summed E-state index contributed by atoms with van der Waals surface area (Å²) in [7, 11) is 1.42. The molecule has 0 heterocycles. The molecule has 0 saturated carbocycles. The lowest BCUT2D eigenvalue weighted by atomic mass is 10.1. The van der Waals surface area contributed by atoms with E-state index in [-0.39, 0.29) is 18.2 Å². The number of amides is 1. The van der Waals surface area contributed by atoms with Gasteiger partial charge in [0.15, 0.2) is 0 Å². The number of hydrogen-bond acceptors (Lipinski definition) is 3. The Balaban J connectivity index is 2.88. The molecule has 16 heavy (non-hydrogen) atoms. The van der Waals surface area contributed by atoms with Crippen LogP contribution in [0.3, 0.4) is 0 Å². The van der Waals surface area contributed by atoms with Gasteiger partial charge < -0.3 is 15.1 Å². The third-order valence-corrected chi connectivity index (χ3v) is 2.16. The fourth-order valence-electron chi connectivity index (χ4n) is 1.28. The van der Waals surface area contributed by atoms with Gasteiger partial charge in [0.2, 0.25) is 0 Å². The SMILES string of the molecule is Cc1cc(C(=O)N(C)CC(=O)O)ccc1O. The molecule has 0 spiro atoms. The van der Waals surface area contributed by atoms with Gasteiger partial charge in [-0.25, -0.2) is 0 Å². The van der Waals surface area contributed by atoms with Gasteiger partial charge in [-0.2, -0.15) is 0 Å². The van der Waals surface area contributed by atoms with Crippen LogP contribution in [0.15, 0.2) is 18.2 Å². The summed E-state index contributed by atoms with van der Waals surface area (Å²) in [6.07, 6.45) is 0. The van der Waals surface area contributed by atoms with Crippen molar-refractivity contribution in [1.29, 1.82) is 0 Å². The van der Waals surface area contributed by atoms with Crippen molar-refractivity contribution in [1.82, 2.24) is 4.90 Å². The molecule has 0 saturated heterocycles. The molecule has 1 rings (SSSR count). The number of aliphatic carboxylic acids is 1. The molecule has 0 aromatic heterocycles. The summed E-state index contributed by atoms with van der Waals surface area (Å²) in [5.74, 6) is -1.34. The van der Waals surface area contributed by atoms with Crippen molar-refractivity contribution in [3.05, 3.63) is 29.3 Å². The van der Waals surface area contributed by atoms with Gasteiger partial charge in [-0.05, 0) is 30.7 Å². The number of carbonyl (C=O) groups is 2. The second-order valence-corrected chi connectivity index (χ2v) is 3.56. The number of hydrogen-bond donors (Lipinski definition) is 2. The van der Waals surface area contributed by atoms with Gasteiger partial charge in [0.25, 0.3) is 5.91 Å². The molecule has 5 heteroatoms. The lowest BCUT2D eigenvalue weighted by Gasteiger charge is -2.14. The Morgan fingerprint density at radius 2 is 2.00 bits per heavy atom. The van der Waals surface area contributed by atoms with Gasteiger partial charge in [-0.3, -0.25) is 9.59 Å². The van der Waals surface area contributed by atoms with Crippen molar-refractivity contribution in [3.8, 4) is 5.75 Å². The number of likely N-dealkylation sites (N-methyl/N-ethyl adjacent to an activating group) is 1. The quantitative estimate of drug-likeness (QED) is 0.796. The molecule has 0 fully saturated rings. The molecular formula is C11H13NO4. The minimum Gasteiger partial charge on any atom is -0.508 e. The van der Waals surface area contributed by atoms with Gasteiger partial charge in [0.05, 0.1) is 0 Å². The zero-order chi connectivity index (χ0) is 12.3. The van der Waals surface area contributed by atoms with Crippen LogP contribution in [0.5, 0.6) is 5.75 Å². The number of nitrogens with zero attached hydrogens (tertiary/aromatic N) is 1. The smallest absolute Gasteiger partial charge is 0.323 e. The van der Waals surface area contributed by atoms with Crippen LogP contribution in [0.2, 0.25) is 0 Å². The second kappa shape index (κ2) is 4.65. The van der Waals surface area contributed by atoms with Gasteiger partial charge in [0.1, 0.15) is 12.3 Å². The topological polar surface area (TPSA) is 77.8 Å². The molecule has 0 aliphatic carbocycles. The van der Waals surface area contributed by atoms with Crippen molar-refractivity contribution in [2.24, 2.45) is 0 Å². The highest BCUT2D eigenvalue weighted by molar-refractivity contribution is 5.96. The second-order valence-electron chi connectivity index (χ2n) is 3.56. The van der Waals surface area contributed by atoms with E-state index in [1.54, 1.807) is 6.92 Å². The zero-order valence-corrected chi connectivity index (χ0v) is 9.10. The molecule has 0 bridgehead atoms. The van der Waals surface area contributed by atoms with Crippen molar-refractivity contribution < 1.29 is 19.8 Å². The lowest BCUT2D eigenvalue weighted by molar-refractivity contribution is -0.137. The average Bonchev–Trinajstić information content (AvgIpc) is 2.20. The summed E-state index contributed by atoms with van der Waals surface area (Å²) in [4.78, 5) is 23.3. The number of carboxylic acid groups (broad SMARTS) is 1. The van der Waals surface area contributed by atoms with Crippen LogP contribution in [0.1, 0.15) is 15.9 Å². The Morgan fingerprint density at radius 1 is 1.38 bits per heavy atom. The Bertz CT molecular complexity index is 428. The minimum atomic E-state index is -1.06. The third kappa shape index (κ3) is 2.73. The lowest BCUT2D eigenvalue weighted by Crippen LogP contribution is -2.31. The van der Waals surface area contributed by atoms with E-state index in [0.717, 1.165) is 4.90 Å². The van der Waals surface area contributed by atoms with Crippen LogP contribution in [0.25, 0.3) is 0 Å². The molecule has 1 amide bonds.